The van der Waals surface area contributed by atoms with E-state index in [-0.39, 0.29) is 10.8 Å². The van der Waals surface area contributed by atoms with E-state index in [2.05, 4.69) is 9.71 Å². The number of benzene rings is 1. The highest BCUT2D eigenvalue weighted by molar-refractivity contribution is 7.89. The van der Waals surface area contributed by atoms with Crippen LogP contribution in [0.3, 0.4) is 0 Å². The van der Waals surface area contributed by atoms with Gasteiger partial charge in [0.2, 0.25) is 15.9 Å². The Morgan fingerprint density at radius 3 is 2.54 bits per heavy atom. The number of nitrogens with one attached hydrogen (secondary N) is 1. The molecule has 1 N–H and O–H groups in total. The number of sulfonamides is 1. The zero-order valence-corrected chi connectivity index (χ0v) is 14.9. The van der Waals surface area contributed by atoms with Crippen molar-refractivity contribution in [3.63, 3.8) is 0 Å². The fourth-order valence-electron chi connectivity index (χ4n) is 2.14. The SMILES string of the molecule is CC(NS(=O)(=O)c1ccc(Cl)cc1)C(=O)N(C)Cc1cccnc1. The van der Waals surface area contributed by atoms with Crippen LogP contribution in [0.5, 0.6) is 0 Å². The molecule has 128 valence electrons. The number of halogens is 1. The molecular formula is C16H18ClN3O3S. The Morgan fingerprint density at radius 2 is 1.96 bits per heavy atom. The molecule has 24 heavy (non-hydrogen) atoms. The van der Waals surface area contributed by atoms with E-state index in [1.807, 2.05) is 6.07 Å². The predicted molar refractivity (Wildman–Crippen MR) is 91.9 cm³/mol. The van der Waals surface area contributed by atoms with Crippen molar-refractivity contribution in [3.8, 4) is 0 Å². The van der Waals surface area contributed by atoms with E-state index in [9.17, 15) is 13.2 Å². The van der Waals surface area contributed by atoms with Crippen LogP contribution in [0.15, 0.2) is 53.7 Å². The first kappa shape index (κ1) is 18.4. The number of aromatic nitrogens is 1. The number of hydrogen-bond donors (Lipinski definition) is 1. The summed E-state index contributed by atoms with van der Waals surface area (Å²) in [7, 11) is -2.18. The van der Waals surface area contributed by atoms with Crippen LogP contribution in [0.1, 0.15) is 12.5 Å². The van der Waals surface area contributed by atoms with Crippen LogP contribution >= 0.6 is 11.6 Å². The third kappa shape index (κ3) is 4.77. The summed E-state index contributed by atoms with van der Waals surface area (Å²) in [4.78, 5) is 17.9. The van der Waals surface area contributed by atoms with E-state index in [0.717, 1.165) is 5.56 Å². The normalized spacial score (nSPS) is 12.6. The molecule has 8 heteroatoms. The minimum Gasteiger partial charge on any atom is -0.340 e. The third-order valence-electron chi connectivity index (χ3n) is 3.35. The van der Waals surface area contributed by atoms with Gasteiger partial charge in [0.1, 0.15) is 0 Å². The number of nitrogens with zero attached hydrogens (tertiary/aromatic N) is 2. The first-order chi connectivity index (χ1) is 11.3. The molecule has 0 bridgehead atoms. The van der Waals surface area contributed by atoms with Gasteiger partial charge < -0.3 is 4.90 Å². The van der Waals surface area contributed by atoms with E-state index >= 15 is 0 Å². The average Bonchev–Trinajstić information content (AvgIpc) is 2.55. The number of hydrogen-bond acceptors (Lipinski definition) is 4. The summed E-state index contributed by atoms with van der Waals surface area (Å²) in [6.07, 6.45) is 3.31. The summed E-state index contributed by atoms with van der Waals surface area (Å²) in [5.74, 6) is -0.337. The van der Waals surface area contributed by atoms with E-state index in [1.165, 1.54) is 36.1 Å². The van der Waals surface area contributed by atoms with Crippen LogP contribution in [0.2, 0.25) is 5.02 Å². The molecule has 1 aromatic carbocycles. The van der Waals surface area contributed by atoms with Crippen molar-refractivity contribution in [2.24, 2.45) is 0 Å². The molecule has 0 aliphatic carbocycles. The molecule has 1 amide bonds. The molecule has 1 unspecified atom stereocenters. The minimum atomic E-state index is -3.80. The topological polar surface area (TPSA) is 79.4 Å². The highest BCUT2D eigenvalue weighted by Crippen LogP contribution is 2.14. The van der Waals surface area contributed by atoms with Crippen molar-refractivity contribution in [1.82, 2.24) is 14.6 Å². The van der Waals surface area contributed by atoms with Gasteiger partial charge in [-0.15, -0.1) is 0 Å². The Labute approximate surface area is 146 Å². The molecule has 2 rings (SSSR count). The molecule has 0 saturated heterocycles. The van der Waals surface area contributed by atoms with Gasteiger partial charge in [-0.3, -0.25) is 9.78 Å². The average molecular weight is 368 g/mol. The standard InChI is InChI=1S/C16H18ClN3O3S/c1-12(16(21)20(2)11-13-4-3-9-18-10-13)19-24(22,23)15-7-5-14(17)6-8-15/h3-10,12,19H,11H2,1-2H3. The number of carbonyl (C=O) groups is 1. The molecule has 2 aromatic rings. The molecule has 0 fully saturated rings. The number of pyridine rings is 1. The maximum absolute atomic E-state index is 12.4. The second-order valence-corrected chi connectivity index (χ2v) is 7.50. The fraction of sp³-hybridized carbons (Fsp3) is 0.250. The van der Waals surface area contributed by atoms with Crippen molar-refractivity contribution < 1.29 is 13.2 Å². The lowest BCUT2D eigenvalue weighted by molar-refractivity contribution is -0.131. The second-order valence-electron chi connectivity index (χ2n) is 5.35. The molecule has 0 spiro atoms. The summed E-state index contributed by atoms with van der Waals surface area (Å²) < 4.78 is 27.0. The molecule has 6 nitrogen and oxygen atoms in total. The van der Waals surface area contributed by atoms with Crippen LogP contribution in [0.4, 0.5) is 0 Å². The molecule has 1 atom stereocenters. The highest BCUT2D eigenvalue weighted by atomic mass is 35.5. The Bertz CT molecular complexity index is 795. The number of likely N-dealkylation sites (N-methyl/N-ethyl adjacent to an activating group) is 1. The van der Waals surface area contributed by atoms with Crippen molar-refractivity contribution in [2.75, 3.05) is 7.05 Å². The van der Waals surface area contributed by atoms with Crippen LogP contribution in [-0.4, -0.2) is 37.3 Å². The molecule has 1 heterocycles. The van der Waals surface area contributed by atoms with Crippen LogP contribution in [-0.2, 0) is 21.4 Å². The lowest BCUT2D eigenvalue weighted by Crippen LogP contribution is -2.45. The first-order valence-electron chi connectivity index (χ1n) is 7.21. The first-order valence-corrected chi connectivity index (χ1v) is 9.07. The quantitative estimate of drug-likeness (QED) is 0.847. The molecule has 0 aliphatic heterocycles. The van der Waals surface area contributed by atoms with Crippen molar-refractivity contribution in [3.05, 3.63) is 59.4 Å². The highest BCUT2D eigenvalue weighted by Gasteiger charge is 2.24. The summed E-state index contributed by atoms with van der Waals surface area (Å²) in [6.45, 7) is 1.86. The zero-order valence-electron chi connectivity index (χ0n) is 13.3. The molecule has 0 aliphatic rings. The van der Waals surface area contributed by atoms with E-state index < -0.39 is 16.1 Å². The smallest absolute Gasteiger partial charge is 0.241 e. The zero-order chi connectivity index (χ0) is 17.7. The lowest BCUT2D eigenvalue weighted by atomic mass is 10.2. The van der Waals surface area contributed by atoms with Crippen molar-refractivity contribution in [1.29, 1.82) is 0 Å². The predicted octanol–water partition coefficient (Wildman–Crippen LogP) is 2.06. The Kier molecular flexibility index (Phi) is 5.93. The third-order valence-corrected chi connectivity index (χ3v) is 5.15. The Hall–Kier alpha value is -1.96. The van der Waals surface area contributed by atoms with Crippen LogP contribution in [0, 0.1) is 0 Å². The molecule has 0 saturated carbocycles. The van der Waals surface area contributed by atoms with Crippen LogP contribution < -0.4 is 4.72 Å². The van der Waals surface area contributed by atoms with E-state index in [4.69, 9.17) is 11.6 Å². The van der Waals surface area contributed by atoms with Crippen molar-refractivity contribution >= 4 is 27.5 Å². The molecule has 1 aromatic heterocycles. The van der Waals surface area contributed by atoms with Gasteiger partial charge in [-0.25, -0.2) is 8.42 Å². The monoisotopic (exact) mass is 367 g/mol. The van der Waals surface area contributed by atoms with Gasteiger partial charge in [0.25, 0.3) is 0 Å². The maximum Gasteiger partial charge on any atom is 0.241 e. The lowest BCUT2D eigenvalue weighted by Gasteiger charge is -2.22. The van der Waals surface area contributed by atoms with Gasteiger partial charge in [0, 0.05) is 31.0 Å². The Morgan fingerprint density at radius 1 is 1.29 bits per heavy atom. The number of rotatable bonds is 6. The summed E-state index contributed by atoms with van der Waals surface area (Å²) in [5.41, 5.74) is 0.862. The molecule has 0 radical (unpaired) electrons. The van der Waals surface area contributed by atoms with Gasteiger partial charge in [-0.2, -0.15) is 4.72 Å². The number of carbonyl (C=O) groups excluding carboxylic acids is 1. The summed E-state index contributed by atoms with van der Waals surface area (Å²) >= 11 is 5.76. The largest absolute Gasteiger partial charge is 0.340 e. The minimum absolute atomic E-state index is 0.0569. The van der Waals surface area contributed by atoms with Crippen molar-refractivity contribution in [2.45, 2.75) is 24.4 Å². The Balaban J connectivity index is 2.03. The van der Waals surface area contributed by atoms with Gasteiger partial charge >= 0.3 is 0 Å². The summed E-state index contributed by atoms with van der Waals surface area (Å²) in [5, 5.41) is 0.439. The number of amides is 1. The van der Waals surface area contributed by atoms with Gasteiger partial charge in [-0.05, 0) is 42.8 Å². The maximum atomic E-state index is 12.4. The second kappa shape index (κ2) is 7.74. The fourth-order valence-corrected chi connectivity index (χ4v) is 3.46. The van der Waals surface area contributed by atoms with Gasteiger partial charge in [-0.1, -0.05) is 17.7 Å². The summed E-state index contributed by atoms with van der Waals surface area (Å²) in [6, 6.07) is 8.48. The van der Waals surface area contributed by atoms with Gasteiger partial charge in [0.05, 0.1) is 10.9 Å². The van der Waals surface area contributed by atoms with Gasteiger partial charge in [0.15, 0.2) is 0 Å². The van der Waals surface area contributed by atoms with E-state index in [1.54, 1.807) is 25.5 Å². The van der Waals surface area contributed by atoms with E-state index in [0.29, 0.717) is 11.6 Å². The van der Waals surface area contributed by atoms with Crippen LogP contribution in [0.25, 0.3) is 0 Å². The molecular weight excluding hydrogens is 350 g/mol.